The quantitative estimate of drug-likeness (QED) is 0.140. The van der Waals surface area contributed by atoms with Crippen LogP contribution in [0.1, 0.15) is 32.5 Å². The number of thiazole rings is 1. The third-order valence-corrected chi connectivity index (χ3v) is 6.48. The number of amides is 1. The van der Waals surface area contributed by atoms with Gasteiger partial charge in [-0.3, -0.25) is 24.6 Å². The smallest absolute Gasteiger partial charge is 0.350 e. The highest BCUT2D eigenvalue weighted by Crippen LogP contribution is 2.44. The van der Waals surface area contributed by atoms with Gasteiger partial charge >= 0.3 is 11.9 Å². The first-order chi connectivity index (χ1) is 16.6. The van der Waals surface area contributed by atoms with E-state index >= 15 is 0 Å². The van der Waals surface area contributed by atoms with Crippen LogP contribution < -0.4 is 4.90 Å². The van der Waals surface area contributed by atoms with Crippen molar-refractivity contribution in [2.75, 3.05) is 12.0 Å². The molecule has 1 fully saturated rings. The average molecular weight is 497 g/mol. The molecule has 12 heteroatoms. The van der Waals surface area contributed by atoms with Gasteiger partial charge in [0.1, 0.15) is 16.5 Å². The van der Waals surface area contributed by atoms with E-state index in [-0.39, 0.29) is 38.1 Å². The molecule has 1 N–H and O–H groups in total. The number of aryl methyl sites for hydroxylation is 1. The Kier molecular flexibility index (Phi) is 6.14. The number of aliphatic hydroxyl groups is 1. The Morgan fingerprint density at radius 1 is 1.17 bits per heavy atom. The van der Waals surface area contributed by atoms with E-state index in [2.05, 4.69) is 4.98 Å². The fourth-order valence-corrected chi connectivity index (χ4v) is 4.67. The molecule has 1 aliphatic heterocycles. The van der Waals surface area contributed by atoms with Crippen LogP contribution in [0.4, 0.5) is 15.2 Å². The number of ether oxygens (including phenoxy) is 1. The standard InChI is InChI=1S/C23H16FN3O7S/c1-11-20(22(31)34-2)35-23(25-11)26-17(12-5-9-15(10-6-12)27(32)33)16(19(29)21(26)30)18(28)13-3-7-14(24)8-4-13/h3-10,17,28H,1-2H3. The molecule has 0 spiro atoms. The number of nitrogens with zero attached hydrogens (tertiary/aromatic N) is 3. The molecule has 0 radical (unpaired) electrons. The second kappa shape index (κ2) is 9.06. The molecule has 3 aromatic rings. The van der Waals surface area contributed by atoms with Gasteiger partial charge in [0.2, 0.25) is 0 Å². The molecule has 0 bridgehead atoms. The number of carbonyl (C=O) groups is 3. The van der Waals surface area contributed by atoms with E-state index in [1.807, 2.05) is 0 Å². The molecule has 4 rings (SSSR count). The summed E-state index contributed by atoms with van der Waals surface area (Å²) in [7, 11) is 1.19. The average Bonchev–Trinajstić information content (AvgIpc) is 3.35. The van der Waals surface area contributed by atoms with Gasteiger partial charge in [-0.25, -0.2) is 14.2 Å². The maximum atomic E-state index is 13.4. The predicted molar refractivity (Wildman–Crippen MR) is 122 cm³/mol. The van der Waals surface area contributed by atoms with E-state index in [9.17, 15) is 34.0 Å². The molecule has 1 saturated heterocycles. The number of halogens is 1. The summed E-state index contributed by atoms with van der Waals surface area (Å²) in [5.41, 5.74) is 0.0813. The van der Waals surface area contributed by atoms with Gasteiger partial charge in [0.05, 0.1) is 29.3 Å². The van der Waals surface area contributed by atoms with Crippen LogP contribution in [0.2, 0.25) is 0 Å². The van der Waals surface area contributed by atoms with Crippen molar-refractivity contribution in [3.05, 3.63) is 91.7 Å². The third kappa shape index (κ3) is 4.15. The summed E-state index contributed by atoms with van der Waals surface area (Å²) in [5, 5.41) is 22.1. The molecule has 35 heavy (non-hydrogen) atoms. The number of esters is 1. The van der Waals surface area contributed by atoms with Crippen LogP contribution in [0.25, 0.3) is 5.76 Å². The van der Waals surface area contributed by atoms with Crippen LogP contribution in [0.5, 0.6) is 0 Å². The first kappa shape index (κ1) is 23.7. The summed E-state index contributed by atoms with van der Waals surface area (Å²) < 4.78 is 18.1. The van der Waals surface area contributed by atoms with E-state index in [4.69, 9.17) is 4.74 Å². The zero-order chi connectivity index (χ0) is 25.4. The number of aromatic nitrogens is 1. The fraction of sp³-hybridized carbons (Fsp3) is 0.130. The van der Waals surface area contributed by atoms with Crippen LogP contribution in [-0.4, -0.2) is 39.8 Å². The second-order valence-electron chi connectivity index (χ2n) is 7.43. The van der Waals surface area contributed by atoms with Gasteiger partial charge in [-0.05, 0) is 48.9 Å². The largest absolute Gasteiger partial charge is 0.507 e. The SMILES string of the molecule is COC(=O)c1sc(N2C(=O)C(=O)C(=C(O)c3ccc(F)cc3)C2c2ccc([N+](=O)[O-])cc2)nc1C. The predicted octanol–water partition coefficient (Wildman–Crippen LogP) is 3.91. The van der Waals surface area contributed by atoms with Crippen molar-refractivity contribution in [1.29, 1.82) is 0 Å². The summed E-state index contributed by atoms with van der Waals surface area (Å²) in [5.74, 6) is -3.87. The Morgan fingerprint density at radius 2 is 1.80 bits per heavy atom. The Labute approximate surface area is 201 Å². The summed E-state index contributed by atoms with van der Waals surface area (Å²) in [6, 6.07) is 8.51. The Balaban J connectivity index is 1.93. The highest BCUT2D eigenvalue weighted by Gasteiger charge is 2.48. The van der Waals surface area contributed by atoms with E-state index < -0.39 is 40.2 Å². The molecule has 2 heterocycles. The molecule has 1 unspecified atom stereocenters. The van der Waals surface area contributed by atoms with Gasteiger partial charge in [-0.2, -0.15) is 0 Å². The zero-order valence-corrected chi connectivity index (χ0v) is 19.0. The minimum atomic E-state index is -1.23. The normalized spacial score (nSPS) is 17.0. The lowest BCUT2D eigenvalue weighted by molar-refractivity contribution is -0.384. The van der Waals surface area contributed by atoms with Gasteiger partial charge in [-0.15, -0.1) is 0 Å². The third-order valence-electron chi connectivity index (χ3n) is 5.34. The number of hydrogen-bond donors (Lipinski definition) is 1. The summed E-state index contributed by atoms with van der Waals surface area (Å²) in [6.45, 7) is 1.53. The molecule has 178 valence electrons. The number of anilines is 1. The number of benzene rings is 2. The maximum absolute atomic E-state index is 13.4. The van der Waals surface area contributed by atoms with Crippen molar-refractivity contribution in [2.24, 2.45) is 0 Å². The Morgan fingerprint density at radius 3 is 2.37 bits per heavy atom. The Bertz CT molecular complexity index is 1400. The van der Waals surface area contributed by atoms with Gasteiger partial charge in [0.25, 0.3) is 11.5 Å². The molecule has 1 aromatic heterocycles. The first-order valence-corrected chi connectivity index (χ1v) is 10.8. The summed E-state index contributed by atoms with van der Waals surface area (Å²) in [6.07, 6.45) is 0. The number of rotatable bonds is 5. The number of aliphatic hydroxyl groups excluding tert-OH is 1. The van der Waals surface area contributed by atoms with Crippen molar-refractivity contribution >= 4 is 45.6 Å². The number of nitro benzene ring substituents is 1. The molecular formula is C23H16FN3O7S. The second-order valence-corrected chi connectivity index (χ2v) is 8.40. The monoisotopic (exact) mass is 497 g/mol. The number of nitro groups is 1. The molecule has 1 amide bonds. The van der Waals surface area contributed by atoms with Crippen LogP contribution >= 0.6 is 11.3 Å². The topological polar surface area (TPSA) is 140 Å². The van der Waals surface area contributed by atoms with Crippen molar-refractivity contribution in [3.8, 4) is 0 Å². The summed E-state index contributed by atoms with van der Waals surface area (Å²) in [4.78, 5) is 54.2. The highest BCUT2D eigenvalue weighted by atomic mass is 32.1. The van der Waals surface area contributed by atoms with Gasteiger partial charge in [0.15, 0.2) is 5.13 Å². The van der Waals surface area contributed by atoms with E-state index in [1.165, 1.54) is 50.4 Å². The molecule has 1 aliphatic rings. The Hall–Kier alpha value is -4.45. The van der Waals surface area contributed by atoms with Crippen LogP contribution in [0.3, 0.4) is 0 Å². The molecular weight excluding hydrogens is 481 g/mol. The van der Waals surface area contributed by atoms with Crippen LogP contribution in [0, 0.1) is 22.9 Å². The van der Waals surface area contributed by atoms with Crippen molar-refractivity contribution in [1.82, 2.24) is 4.98 Å². The lowest BCUT2D eigenvalue weighted by Gasteiger charge is -2.22. The van der Waals surface area contributed by atoms with Crippen molar-refractivity contribution in [3.63, 3.8) is 0 Å². The van der Waals surface area contributed by atoms with Gasteiger partial charge in [-0.1, -0.05) is 11.3 Å². The zero-order valence-electron chi connectivity index (χ0n) is 18.2. The minimum Gasteiger partial charge on any atom is -0.507 e. The van der Waals surface area contributed by atoms with Gasteiger partial charge < -0.3 is 9.84 Å². The van der Waals surface area contributed by atoms with Crippen LogP contribution in [0.15, 0.2) is 54.1 Å². The highest BCUT2D eigenvalue weighted by molar-refractivity contribution is 7.17. The van der Waals surface area contributed by atoms with Crippen molar-refractivity contribution < 1.29 is 33.5 Å². The number of methoxy groups -OCH3 is 1. The fourth-order valence-electron chi connectivity index (χ4n) is 3.65. The lowest BCUT2D eigenvalue weighted by Crippen LogP contribution is -2.29. The molecule has 0 aliphatic carbocycles. The molecule has 2 aromatic carbocycles. The van der Waals surface area contributed by atoms with E-state index in [1.54, 1.807) is 0 Å². The minimum absolute atomic E-state index is 0.00786. The molecule has 10 nitrogen and oxygen atoms in total. The lowest BCUT2D eigenvalue weighted by atomic mass is 9.95. The molecule has 0 saturated carbocycles. The number of carbonyl (C=O) groups excluding carboxylic acids is 3. The number of hydrogen-bond acceptors (Lipinski definition) is 9. The summed E-state index contributed by atoms with van der Waals surface area (Å²) >= 11 is 0.818. The van der Waals surface area contributed by atoms with E-state index in [0.29, 0.717) is 0 Å². The molecule has 1 atom stereocenters. The van der Waals surface area contributed by atoms with Crippen molar-refractivity contribution in [2.45, 2.75) is 13.0 Å². The van der Waals surface area contributed by atoms with Gasteiger partial charge in [0, 0.05) is 17.7 Å². The van der Waals surface area contributed by atoms with E-state index in [0.717, 1.165) is 28.4 Å². The first-order valence-electron chi connectivity index (χ1n) is 10.0. The number of non-ortho nitro benzene ring substituents is 1. The maximum Gasteiger partial charge on any atom is 0.350 e. The number of ketones is 1. The number of Topliss-reactive ketones (excluding diaryl/α,β-unsaturated/α-hetero) is 1. The van der Waals surface area contributed by atoms with Crippen LogP contribution in [-0.2, 0) is 14.3 Å².